The van der Waals surface area contributed by atoms with Gasteiger partial charge in [-0.15, -0.1) is 0 Å². The Hall–Kier alpha value is -2.05. The van der Waals surface area contributed by atoms with Crippen molar-refractivity contribution in [3.8, 4) is 0 Å². The van der Waals surface area contributed by atoms with E-state index >= 15 is 0 Å². The molecule has 0 spiro atoms. The number of rotatable bonds is 8. The summed E-state index contributed by atoms with van der Waals surface area (Å²) in [6.07, 6.45) is 1.69. The largest absolute Gasteiger partial charge is 0.480 e. The van der Waals surface area contributed by atoms with Gasteiger partial charge >= 0.3 is 5.97 Å². The lowest BCUT2D eigenvalue weighted by Crippen LogP contribution is -2.39. The van der Waals surface area contributed by atoms with Crippen LogP contribution in [-0.2, 0) is 14.4 Å². The van der Waals surface area contributed by atoms with E-state index in [2.05, 4.69) is 22.5 Å². The van der Waals surface area contributed by atoms with Gasteiger partial charge in [0, 0.05) is 13.0 Å². The summed E-state index contributed by atoms with van der Waals surface area (Å²) >= 11 is 0. The molecule has 0 heterocycles. The molecule has 7 heteroatoms. The van der Waals surface area contributed by atoms with Gasteiger partial charge in [-0.2, -0.15) is 0 Å². The van der Waals surface area contributed by atoms with Gasteiger partial charge < -0.3 is 21.1 Å². The first-order valence-corrected chi connectivity index (χ1v) is 4.65. The zero-order valence-corrected chi connectivity index (χ0v) is 8.78. The summed E-state index contributed by atoms with van der Waals surface area (Å²) in [5, 5.41) is 15.5. The van der Waals surface area contributed by atoms with Crippen LogP contribution in [-0.4, -0.2) is 42.5 Å². The molecule has 90 valence electrons. The van der Waals surface area contributed by atoms with E-state index in [9.17, 15) is 14.4 Å². The fraction of sp³-hybridized carbons (Fsp3) is 0.444. The molecule has 0 aliphatic carbocycles. The third-order valence-electron chi connectivity index (χ3n) is 1.52. The van der Waals surface area contributed by atoms with Crippen LogP contribution in [0.5, 0.6) is 0 Å². The fourth-order valence-corrected chi connectivity index (χ4v) is 0.792. The Balaban J connectivity index is 3.54. The molecule has 0 rings (SSSR count). The van der Waals surface area contributed by atoms with Crippen LogP contribution in [0.1, 0.15) is 6.42 Å². The van der Waals surface area contributed by atoms with Crippen molar-refractivity contribution < 1.29 is 19.5 Å². The molecular formula is C9H15N3O4. The van der Waals surface area contributed by atoms with Crippen LogP contribution in [0.25, 0.3) is 0 Å². The molecule has 0 saturated heterocycles. The summed E-state index contributed by atoms with van der Waals surface area (Å²) in [4.78, 5) is 32.1. The van der Waals surface area contributed by atoms with Gasteiger partial charge in [0.15, 0.2) is 0 Å². The molecule has 0 bridgehead atoms. The molecule has 0 aromatic carbocycles. The smallest absolute Gasteiger partial charge is 0.322 e. The highest BCUT2D eigenvalue weighted by molar-refractivity contribution is 5.86. The van der Waals surface area contributed by atoms with Crippen molar-refractivity contribution in [2.24, 2.45) is 0 Å². The molecule has 0 aliphatic heterocycles. The molecule has 0 aromatic heterocycles. The molecule has 0 aliphatic rings. The molecule has 7 nitrogen and oxygen atoms in total. The lowest BCUT2D eigenvalue weighted by atomic mass is 10.4. The molecule has 0 radical (unpaired) electrons. The van der Waals surface area contributed by atoms with Gasteiger partial charge in [0.1, 0.15) is 6.54 Å². The van der Waals surface area contributed by atoms with Crippen LogP contribution in [0.3, 0.4) is 0 Å². The molecular weight excluding hydrogens is 214 g/mol. The zero-order valence-electron chi connectivity index (χ0n) is 8.78. The molecule has 0 unspecified atom stereocenters. The molecule has 0 aromatic rings. The van der Waals surface area contributed by atoms with Gasteiger partial charge in [0.2, 0.25) is 11.8 Å². The second kappa shape index (κ2) is 8.27. The number of nitrogens with one attached hydrogen (secondary N) is 3. The van der Waals surface area contributed by atoms with Gasteiger partial charge in [-0.3, -0.25) is 14.4 Å². The highest BCUT2D eigenvalue weighted by Gasteiger charge is 2.05. The summed E-state index contributed by atoms with van der Waals surface area (Å²) in [5.74, 6) is -1.96. The second-order valence-corrected chi connectivity index (χ2v) is 2.86. The number of carbonyl (C=O) groups is 3. The van der Waals surface area contributed by atoms with Crippen LogP contribution < -0.4 is 16.0 Å². The number of carboxylic acids is 1. The average molecular weight is 229 g/mol. The summed E-state index contributed by atoms with van der Waals surface area (Å²) < 4.78 is 0. The van der Waals surface area contributed by atoms with Crippen LogP contribution in [0.2, 0.25) is 0 Å². The summed E-state index contributed by atoms with van der Waals surface area (Å²) in [6.45, 7) is 3.17. The Bertz CT molecular complexity index is 278. The normalized spacial score (nSPS) is 9.00. The molecule has 0 saturated carbocycles. The van der Waals surface area contributed by atoms with Crippen molar-refractivity contribution in [2.45, 2.75) is 6.42 Å². The van der Waals surface area contributed by atoms with Crippen molar-refractivity contribution in [1.82, 2.24) is 16.0 Å². The van der Waals surface area contributed by atoms with Crippen LogP contribution >= 0.6 is 0 Å². The number of hydrogen-bond donors (Lipinski definition) is 4. The Morgan fingerprint density at radius 1 is 1.12 bits per heavy atom. The number of carboxylic acid groups (broad SMARTS) is 1. The van der Waals surface area contributed by atoms with Crippen molar-refractivity contribution in [1.29, 1.82) is 0 Å². The molecule has 0 atom stereocenters. The Kier molecular flexibility index (Phi) is 7.21. The van der Waals surface area contributed by atoms with Gasteiger partial charge in [-0.25, -0.2) is 0 Å². The summed E-state index contributed by atoms with van der Waals surface area (Å²) in [7, 11) is 0. The van der Waals surface area contributed by atoms with Crippen molar-refractivity contribution in [3.63, 3.8) is 0 Å². The lowest BCUT2D eigenvalue weighted by Gasteiger charge is -2.05. The SMILES string of the molecule is C=CNCCC(=O)NCC(=O)NCC(=O)O. The van der Waals surface area contributed by atoms with E-state index in [0.717, 1.165) is 0 Å². The van der Waals surface area contributed by atoms with Crippen LogP contribution in [0.4, 0.5) is 0 Å². The number of carbonyl (C=O) groups excluding carboxylic acids is 2. The molecule has 16 heavy (non-hydrogen) atoms. The van der Waals surface area contributed by atoms with Crippen LogP contribution in [0.15, 0.2) is 12.8 Å². The van der Waals surface area contributed by atoms with Gasteiger partial charge in [0.25, 0.3) is 0 Å². The maximum atomic E-state index is 11.1. The minimum Gasteiger partial charge on any atom is -0.480 e. The number of hydrogen-bond acceptors (Lipinski definition) is 4. The standard InChI is InChI=1S/C9H15N3O4/c1-2-10-4-3-7(13)11-5-8(14)12-6-9(15)16/h2,10H,1,3-6H2,(H,11,13)(H,12,14)(H,15,16). The maximum Gasteiger partial charge on any atom is 0.322 e. The highest BCUT2D eigenvalue weighted by Crippen LogP contribution is 1.77. The van der Waals surface area contributed by atoms with E-state index in [1.807, 2.05) is 0 Å². The molecule has 0 fully saturated rings. The van der Waals surface area contributed by atoms with Gasteiger partial charge in [-0.05, 0) is 6.20 Å². The van der Waals surface area contributed by atoms with Crippen molar-refractivity contribution in [2.75, 3.05) is 19.6 Å². The van der Waals surface area contributed by atoms with E-state index in [1.54, 1.807) is 0 Å². The highest BCUT2D eigenvalue weighted by atomic mass is 16.4. The van der Waals surface area contributed by atoms with Crippen molar-refractivity contribution >= 4 is 17.8 Å². The first-order chi connectivity index (χ1) is 7.56. The third-order valence-corrected chi connectivity index (χ3v) is 1.52. The Morgan fingerprint density at radius 2 is 1.75 bits per heavy atom. The third kappa shape index (κ3) is 8.54. The topological polar surface area (TPSA) is 108 Å². The number of amides is 2. The fourth-order valence-electron chi connectivity index (χ4n) is 0.792. The first kappa shape index (κ1) is 13.9. The van der Waals surface area contributed by atoms with E-state index in [1.165, 1.54) is 6.20 Å². The van der Waals surface area contributed by atoms with E-state index in [0.29, 0.717) is 6.54 Å². The Labute approximate surface area is 92.9 Å². The minimum atomic E-state index is -1.13. The second-order valence-electron chi connectivity index (χ2n) is 2.86. The van der Waals surface area contributed by atoms with Crippen molar-refractivity contribution in [3.05, 3.63) is 12.8 Å². The first-order valence-electron chi connectivity index (χ1n) is 4.65. The Morgan fingerprint density at radius 3 is 2.31 bits per heavy atom. The summed E-state index contributed by atoms with van der Waals surface area (Å²) in [5.41, 5.74) is 0. The zero-order chi connectivity index (χ0) is 12.4. The lowest BCUT2D eigenvalue weighted by molar-refractivity contribution is -0.137. The van der Waals surface area contributed by atoms with E-state index < -0.39 is 18.4 Å². The maximum absolute atomic E-state index is 11.1. The summed E-state index contributed by atoms with van der Waals surface area (Å²) in [6, 6.07) is 0. The van der Waals surface area contributed by atoms with Gasteiger partial charge in [0.05, 0.1) is 6.54 Å². The molecule has 2 amide bonds. The van der Waals surface area contributed by atoms with Gasteiger partial charge in [-0.1, -0.05) is 6.58 Å². The minimum absolute atomic E-state index is 0.220. The predicted molar refractivity (Wildman–Crippen MR) is 56.5 cm³/mol. The average Bonchev–Trinajstić information content (AvgIpc) is 2.24. The quantitative estimate of drug-likeness (QED) is 0.376. The number of aliphatic carboxylic acids is 1. The molecule has 4 N–H and O–H groups in total. The predicted octanol–water partition coefficient (Wildman–Crippen LogP) is -1.57. The van der Waals surface area contributed by atoms with Crippen LogP contribution in [0, 0.1) is 0 Å². The van der Waals surface area contributed by atoms with E-state index in [-0.39, 0.29) is 18.9 Å². The monoisotopic (exact) mass is 229 g/mol. The van der Waals surface area contributed by atoms with E-state index in [4.69, 9.17) is 5.11 Å².